The predicted molar refractivity (Wildman–Crippen MR) is 139 cm³/mol. The summed E-state index contributed by atoms with van der Waals surface area (Å²) in [6.45, 7) is 3.88. The van der Waals surface area contributed by atoms with E-state index in [9.17, 15) is 5.11 Å². The van der Waals surface area contributed by atoms with Crippen LogP contribution in [-0.2, 0) is 6.61 Å². The molecule has 1 unspecified atom stereocenters. The van der Waals surface area contributed by atoms with Gasteiger partial charge in [-0.25, -0.2) is 0 Å². The van der Waals surface area contributed by atoms with Gasteiger partial charge in [-0.15, -0.1) is 0 Å². The van der Waals surface area contributed by atoms with Crippen molar-refractivity contribution in [3.63, 3.8) is 0 Å². The highest BCUT2D eigenvalue weighted by Gasteiger charge is 2.16. The Balaban J connectivity index is 1.56. The van der Waals surface area contributed by atoms with Crippen molar-refractivity contribution in [1.29, 1.82) is 0 Å². The van der Waals surface area contributed by atoms with E-state index in [1.165, 1.54) is 30.4 Å². The van der Waals surface area contributed by atoms with Gasteiger partial charge in [0.25, 0.3) is 0 Å². The molecule has 5 rings (SSSR count). The van der Waals surface area contributed by atoms with Crippen molar-refractivity contribution in [2.75, 3.05) is 13.2 Å². The Labute approximate surface area is 201 Å². The Morgan fingerprint density at radius 2 is 1.82 bits per heavy atom. The third-order valence-corrected chi connectivity index (χ3v) is 6.72. The summed E-state index contributed by atoms with van der Waals surface area (Å²) in [4.78, 5) is 4.77. The van der Waals surface area contributed by atoms with E-state index in [2.05, 4.69) is 60.8 Å². The number of ether oxygens (including phenoxy) is 1. The van der Waals surface area contributed by atoms with Crippen molar-refractivity contribution >= 4 is 10.9 Å². The van der Waals surface area contributed by atoms with Gasteiger partial charge in [-0.3, -0.25) is 4.98 Å². The minimum absolute atomic E-state index is 0.00982. The van der Waals surface area contributed by atoms with Crippen molar-refractivity contribution < 1.29 is 9.84 Å². The summed E-state index contributed by atoms with van der Waals surface area (Å²) < 4.78 is 6.55. The first-order valence-electron chi connectivity index (χ1n) is 12.3. The molecule has 2 N–H and O–H groups in total. The highest BCUT2D eigenvalue weighted by molar-refractivity contribution is 5.95. The van der Waals surface area contributed by atoms with E-state index in [0.717, 1.165) is 51.9 Å². The number of hydrogen-bond donors (Lipinski definition) is 2. The van der Waals surface area contributed by atoms with Crippen molar-refractivity contribution in [3.05, 3.63) is 84.1 Å². The number of aryl methyl sites for hydroxylation is 1. The largest absolute Gasteiger partial charge is 0.492 e. The number of fused-ring (bicyclic) bond motifs is 1. The van der Waals surface area contributed by atoms with Gasteiger partial charge >= 0.3 is 0 Å². The molecular formula is C30H32N2O2. The van der Waals surface area contributed by atoms with Crippen LogP contribution < -0.4 is 10.1 Å². The summed E-state index contributed by atoms with van der Waals surface area (Å²) in [6.07, 6.45) is 6.65. The molecule has 34 heavy (non-hydrogen) atoms. The monoisotopic (exact) mass is 452 g/mol. The number of pyridine rings is 1. The fourth-order valence-corrected chi connectivity index (χ4v) is 4.84. The predicted octanol–water partition coefficient (Wildman–Crippen LogP) is 6.28. The van der Waals surface area contributed by atoms with Gasteiger partial charge in [0.15, 0.2) is 0 Å². The number of rotatable bonds is 7. The van der Waals surface area contributed by atoms with Gasteiger partial charge in [0, 0.05) is 23.2 Å². The molecule has 0 bridgehead atoms. The number of nitrogens with zero attached hydrogens (tertiary/aromatic N) is 1. The van der Waals surface area contributed by atoms with Crippen LogP contribution in [-0.4, -0.2) is 29.3 Å². The van der Waals surface area contributed by atoms with Crippen LogP contribution in [0.5, 0.6) is 5.75 Å². The molecule has 1 aromatic heterocycles. The van der Waals surface area contributed by atoms with E-state index < -0.39 is 0 Å². The van der Waals surface area contributed by atoms with E-state index in [1.54, 1.807) is 0 Å². The summed E-state index contributed by atoms with van der Waals surface area (Å²) in [5.74, 6) is 0.866. The van der Waals surface area contributed by atoms with E-state index in [-0.39, 0.29) is 6.61 Å². The molecule has 3 aromatic carbocycles. The molecule has 4 nitrogen and oxygen atoms in total. The Kier molecular flexibility index (Phi) is 6.89. The lowest BCUT2D eigenvalue weighted by atomic mass is 9.98. The molecule has 0 radical (unpaired) electrons. The number of benzene rings is 3. The van der Waals surface area contributed by atoms with Crippen LogP contribution >= 0.6 is 0 Å². The van der Waals surface area contributed by atoms with Crippen LogP contribution in [0.15, 0.2) is 72.9 Å². The van der Waals surface area contributed by atoms with Gasteiger partial charge < -0.3 is 15.2 Å². The lowest BCUT2D eigenvalue weighted by Crippen LogP contribution is -2.35. The number of piperidine rings is 1. The number of hydrogen-bond acceptors (Lipinski definition) is 4. The molecule has 4 heteroatoms. The highest BCUT2D eigenvalue weighted by Crippen LogP contribution is 2.38. The van der Waals surface area contributed by atoms with Crippen molar-refractivity contribution in [3.8, 4) is 28.0 Å². The molecule has 1 atom stereocenters. The average molecular weight is 453 g/mol. The van der Waals surface area contributed by atoms with E-state index in [1.807, 2.05) is 24.4 Å². The fourth-order valence-electron chi connectivity index (χ4n) is 4.84. The first-order valence-corrected chi connectivity index (χ1v) is 12.3. The van der Waals surface area contributed by atoms with E-state index in [0.29, 0.717) is 12.6 Å². The average Bonchev–Trinajstić information content (AvgIpc) is 2.89. The second-order valence-corrected chi connectivity index (χ2v) is 9.24. The van der Waals surface area contributed by atoms with Crippen LogP contribution in [0, 0.1) is 6.92 Å². The molecule has 1 fully saturated rings. The zero-order chi connectivity index (χ0) is 23.3. The normalized spacial score (nSPS) is 16.0. The van der Waals surface area contributed by atoms with Gasteiger partial charge in [0.05, 0.1) is 18.7 Å². The Bertz CT molecular complexity index is 1280. The van der Waals surface area contributed by atoms with Crippen molar-refractivity contribution in [2.45, 2.75) is 45.3 Å². The maximum absolute atomic E-state index is 9.67. The molecule has 1 saturated heterocycles. The van der Waals surface area contributed by atoms with Crippen LogP contribution in [0.2, 0.25) is 0 Å². The molecular weight excluding hydrogens is 420 g/mol. The van der Waals surface area contributed by atoms with Gasteiger partial charge in [-0.2, -0.15) is 0 Å². The molecule has 4 aromatic rings. The minimum Gasteiger partial charge on any atom is -0.492 e. The van der Waals surface area contributed by atoms with Gasteiger partial charge in [-0.05, 0) is 73.2 Å². The van der Waals surface area contributed by atoms with E-state index in [4.69, 9.17) is 9.72 Å². The maximum Gasteiger partial charge on any atom is 0.138 e. The van der Waals surface area contributed by atoms with Crippen LogP contribution in [0.25, 0.3) is 33.2 Å². The summed E-state index contributed by atoms with van der Waals surface area (Å²) in [7, 11) is 0. The lowest BCUT2D eigenvalue weighted by Gasteiger charge is -2.24. The molecule has 174 valence electrons. The second-order valence-electron chi connectivity index (χ2n) is 9.24. The smallest absolute Gasteiger partial charge is 0.138 e. The van der Waals surface area contributed by atoms with Gasteiger partial charge in [0.2, 0.25) is 0 Å². The first kappa shape index (κ1) is 22.6. The van der Waals surface area contributed by atoms with Gasteiger partial charge in [-0.1, -0.05) is 60.5 Å². The van der Waals surface area contributed by atoms with E-state index >= 15 is 0 Å². The maximum atomic E-state index is 9.67. The summed E-state index contributed by atoms with van der Waals surface area (Å²) >= 11 is 0. The highest BCUT2D eigenvalue weighted by atomic mass is 16.5. The number of aliphatic hydroxyl groups excluding tert-OH is 1. The molecule has 0 spiro atoms. The Morgan fingerprint density at radius 1 is 0.971 bits per heavy atom. The topological polar surface area (TPSA) is 54.4 Å². The van der Waals surface area contributed by atoms with Crippen LogP contribution in [0.4, 0.5) is 0 Å². The third-order valence-electron chi connectivity index (χ3n) is 6.72. The van der Waals surface area contributed by atoms with Crippen molar-refractivity contribution in [1.82, 2.24) is 10.3 Å². The SMILES string of the molecule is Cc1cccc(-c2ccc3ncc(-c4cccc(CO)c4)c(OCCC4CCCCN4)c3c2)c1. The number of nitrogens with one attached hydrogen (secondary N) is 1. The second kappa shape index (κ2) is 10.4. The molecule has 1 aliphatic rings. The molecule has 0 amide bonds. The zero-order valence-electron chi connectivity index (χ0n) is 19.8. The molecule has 2 heterocycles. The summed E-state index contributed by atoms with van der Waals surface area (Å²) in [5.41, 5.74) is 7.34. The first-order chi connectivity index (χ1) is 16.7. The van der Waals surface area contributed by atoms with Crippen LogP contribution in [0.3, 0.4) is 0 Å². The Morgan fingerprint density at radius 3 is 2.65 bits per heavy atom. The quantitative estimate of drug-likeness (QED) is 0.346. The fraction of sp³-hybridized carbons (Fsp3) is 0.300. The number of aromatic nitrogens is 1. The summed E-state index contributed by atoms with van der Waals surface area (Å²) in [5, 5.41) is 14.3. The Hall–Kier alpha value is -3.21. The molecule has 1 aliphatic heterocycles. The third kappa shape index (κ3) is 4.98. The number of aliphatic hydroxyl groups is 1. The molecule has 0 saturated carbocycles. The van der Waals surface area contributed by atoms with Crippen molar-refractivity contribution in [2.24, 2.45) is 0 Å². The standard InChI is InChI=1S/C30H32N2O2/c1-21-6-4-8-23(16-21)24-11-12-29-27(18-24)30(34-15-13-26-10-2-3-14-31-26)28(19-32-29)25-9-5-7-22(17-25)20-33/h4-9,11-12,16-19,26,31,33H,2-3,10,13-15,20H2,1H3. The van der Waals surface area contributed by atoms with Crippen LogP contribution in [0.1, 0.15) is 36.8 Å². The zero-order valence-corrected chi connectivity index (χ0v) is 19.8. The lowest BCUT2D eigenvalue weighted by molar-refractivity contribution is 0.271. The summed E-state index contributed by atoms with van der Waals surface area (Å²) in [6, 6.07) is 23.5. The minimum atomic E-state index is 0.00982. The van der Waals surface area contributed by atoms with Gasteiger partial charge in [0.1, 0.15) is 5.75 Å². The molecule has 0 aliphatic carbocycles.